The highest BCUT2D eigenvalue weighted by Gasteiger charge is 2.21. The molecule has 1 aromatic rings. The van der Waals surface area contributed by atoms with Gasteiger partial charge in [0.1, 0.15) is 0 Å². The fraction of sp³-hybridized carbons (Fsp3) is 0.231. The van der Waals surface area contributed by atoms with Gasteiger partial charge < -0.3 is 14.2 Å². The number of hydrogen-bond donors (Lipinski definition) is 0. The minimum Gasteiger partial charge on any atom is -0.423 e. The molecule has 8 heteroatoms. The van der Waals surface area contributed by atoms with Crippen molar-refractivity contribution in [1.82, 2.24) is 0 Å². The predicted octanol–water partition coefficient (Wildman–Crippen LogP) is 1.84. The van der Waals surface area contributed by atoms with Gasteiger partial charge in [-0.1, -0.05) is 0 Å². The normalized spacial score (nSPS) is 9.71. The van der Waals surface area contributed by atoms with Gasteiger partial charge in [0.15, 0.2) is 11.5 Å². The number of benzene rings is 1. The fourth-order valence-corrected chi connectivity index (χ4v) is 1.50. The van der Waals surface area contributed by atoms with E-state index in [0.29, 0.717) is 0 Å². The highest BCUT2D eigenvalue weighted by atomic mass is 35.5. The van der Waals surface area contributed by atoms with Crippen molar-refractivity contribution >= 4 is 34.8 Å². The zero-order chi connectivity index (χ0) is 16.2. The van der Waals surface area contributed by atoms with E-state index in [9.17, 15) is 19.2 Å². The second kappa shape index (κ2) is 6.85. The average molecular weight is 315 g/mol. The van der Waals surface area contributed by atoms with E-state index in [-0.39, 0.29) is 22.8 Å². The fourth-order valence-electron chi connectivity index (χ4n) is 1.40. The van der Waals surface area contributed by atoms with Crippen LogP contribution in [0.5, 0.6) is 17.2 Å². The van der Waals surface area contributed by atoms with E-state index in [2.05, 4.69) is 0 Å². The highest BCUT2D eigenvalue weighted by Crippen LogP contribution is 2.39. The van der Waals surface area contributed by atoms with Crippen molar-refractivity contribution in [2.24, 2.45) is 0 Å². The molecule has 21 heavy (non-hydrogen) atoms. The van der Waals surface area contributed by atoms with Gasteiger partial charge in [-0.05, 0) is 23.7 Å². The van der Waals surface area contributed by atoms with Crippen molar-refractivity contribution in [2.45, 2.75) is 20.8 Å². The van der Waals surface area contributed by atoms with Crippen LogP contribution in [0.1, 0.15) is 31.1 Å². The van der Waals surface area contributed by atoms with Gasteiger partial charge in [0.2, 0.25) is 5.75 Å². The average Bonchev–Trinajstić information content (AvgIpc) is 2.30. The van der Waals surface area contributed by atoms with Crippen LogP contribution in [0.15, 0.2) is 12.1 Å². The van der Waals surface area contributed by atoms with Crippen LogP contribution in [0.25, 0.3) is 0 Å². The van der Waals surface area contributed by atoms with Gasteiger partial charge in [-0.3, -0.25) is 19.2 Å². The summed E-state index contributed by atoms with van der Waals surface area (Å²) in [5, 5.41) is -0.869. The van der Waals surface area contributed by atoms with Crippen molar-refractivity contribution in [3.05, 3.63) is 17.7 Å². The van der Waals surface area contributed by atoms with E-state index in [0.717, 1.165) is 32.9 Å². The standard InChI is InChI=1S/C13H11ClO7/c1-6(15)19-10-4-9(13(14)18)5-11(20-7(2)16)12(10)21-8(3)17/h4-5H,1-3H3. The molecule has 7 nitrogen and oxygen atoms in total. The Kier molecular flexibility index (Phi) is 5.43. The summed E-state index contributed by atoms with van der Waals surface area (Å²) in [6, 6.07) is 2.20. The summed E-state index contributed by atoms with van der Waals surface area (Å²) >= 11 is 5.35. The van der Waals surface area contributed by atoms with Crippen molar-refractivity contribution in [3.63, 3.8) is 0 Å². The molecular formula is C13H11ClO7. The Balaban J connectivity index is 3.50. The molecule has 0 N–H and O–H groups in total. The summed E-state index contributed by atoms with van der Waals surface area (Å²) in [7, 11) is 0. The molecule has 112 valence electrons. The summed E-state index contributed by atoms with van der Waals surface area (Å²) in [6.45, 7) is 3.33. The van der Waals surface area contributed by atoms with E-state index in [1.54, 1.807) is 0 Å². The van der Waals surface area contributed by atoms with Crippen LogP contribution in [0.4, 0.5) is 0 Å². The maximum atomic E-state index is 11.2. The van der Waals surface area contributed by atoms with Crippen molar-refractivity contribution < 1.29 is 33.4 Å². The molecule has 0 unspecified atom stereocenters. The summed E-state index contributed by atoms with van der Waals surface area (Å²) in [5.41, 5.74) is -0.0972. The van der Waals surface area contributed by atoms with Crippen LogP contribution in [0.3, 0.4) is 0 Å². The van der Waals surface area contributed by atoms with Crippen molar-refractivity contribution in [1.29, 1.82) is 0 Å². The Morgan fingerprint density at radius 2 is 1.19 bits per heavy atom. The van der Waals surface area contributed by atoms with Crippen LogP contribution in [-0.4, -0.2) is 23.2 Å². The smallest absolute Gasteiger partial charge is 0.308 e. The first-order chi connectivity index (χ1) is 9.70. The molecule has 0 saturated heterocycles. The number of ether oxygens (including phenoxy) is 3. The van der Waals surface area contributed by atoms with E-state index >= 15 is 0 Å². The Morgan fingerprint density at radius 1 is 0.810 bits per heavy atom. The first-order valence-corrected chi connectivity index (χ1v) is 6.01. The van der Waals surface area contributed by atoms with Crippen LogP contribution >= 0.6 is 11.6 Å². The molecule has 0 radical (unpaired) electrons. The molecule has 0 amide bonds. The molecule has 0 spiro atoms. The quantitative estimate of drug-likeness (QED) is 0.475. The van der Waals surface area contributed by atoms with Gasteiger partial charge in [0.25, 0.3) is 5.24 Å². The Hall–Kier alpha value is -2.41. The first-order valence-electron chi connectivity index (χ1n) is 5.63. The van der Waals surface area contributed by atoms with Crippen LogP contribution in [-0.2, 0) is 14.4 Å². The number of halogens is 1. The molecule has 0 aliphatic carbocycles. The van der Waals surface area contributed by atoms with Crippen molar-refractivity contribution in [3.8, 4) is 17.2 Å². The largest absolute Gasteiger partial charge is 0.423 e. The monoisotopic (exact) mass is 314 g/mol. The van der Waals surface area contributed by atoms with E-state index < -0.39 is 23.2 Å². The molecular weight excluding hydrogens is 304 g/mol. The number of hydrogen-bond acceptors (Lipinski definition) is 7. The Labute approximate surface area is 124 Å². The molecule has 0 aliphatic heterocycles. The molecule has 0 aromatic heterocycles. The second-order valence-electron chi connectivity index (χ2n) is 3.86. The zero-order valence-corrected chi connectivity index (χ0v) is 12.1. The van der Waals surface area contributed by atoms with Crippen LogP contribution < -0.4 is 14.2 Å². The molecule has 0 saturated carbocycles. The number of carbonyl (C=O) groups is 4. The molecule has 0 heterocycles. The summed E-state index contributed by atoms with van der Waals surface area (Å²) in [6.07, 6.45) is 0. The van der Waals surface area contributed by atoms with E-state index in [1.165, 1.54) is 0 Å². The minimum atomic E-state index is -0.869. The second-order valence-corrected chi connectivity index (χ2v) is 4.20. The molecule has 0 bridgehead atoms. The van der Waals surface area contributed by atoms with Gasteiger partial charge in [-0.15, -0.1) is 0 Å². The van der Waals surface area contributed by atoms with Gasteiger partial charge in [0.05, 0.1) is 0 Å². The molecule has 0 aliphatic rings. The number of carbonyl (C=O) groups excluding carboxylic acids is 4. The molecule has 1 aromatic carbocycles. The molecule has 0 atom stereocenters. The van der Waals surface area contributed by atoms with Gasteiger partial charge in [-0.2, -0.15) is 0 Å². The number of rotatable bonds is 4. The topological polar surface area (TPSA) is 96.0 Å². The first kappa shape index (κ1) is 16.6. The highest BCUT2D eigenvalue weighted by molar-refractivity contribution is 6.67. The predicted molar refractivity (Wildman–Crippen MR) is 70.6 cm³/mol. The third kappa shape index (κ3) is 4.88. The zero-order valence-electron chi connectivity index (χ0n) is 11.4. The maximum absolute atomic E-state index is 11.2. The molecule has 1 rings (SSSR count). The van der Waals surface area contributed by atoms with Gasteiger partial charge in [-0.25, -0.2) is 0 Å². The SMILES string of the molecule is CC(=O)Oc1cc(C(=O)Cl)cc(OC(C)=O)c1OC(C)=O. The van der Waals surface area contributed by atoms with Gasteiger partial charge in [0, 0.05) is 26.3 Å². The lowest BCUT2D eigenvalue weighted by Crippen LogP contribution is -2.11. The Bertz CT molecular complexity index is 584. The van der Waals surface area contributed by atoms with Crippen LogP contribution in [0, 0.1) is 0 Å². The van der Waals surface area contributed by atoms with Crippen LogP contribution in [0.2, 0.25) is 0 Å². The van der Waals surface area contributed by atoms with E-state index in [4.69, 9.17) is 25.8 Å². The third-order valence-electron chi connectivity index (χ3n) is 2.00. The minimum absolute atomic E-state index is 0.0972. The summed E-state index contributed by atoms with van der Waals surface area (Å²) in [5.74, 6) is -3.01. The lowest BCUT2D eigenvalue weighted by Gasteiger charge is -2.13. The summed E-state index contributed by atoms with van der Waals surface area (Å²) < 4.78 is 14.5. The molecule has 0 fully saturated rings. The number of esters is 3. The van der Waals surface area contributed by atoms with E-state index in [1.807, 2.05) is 0 Å². The third-order valence-corrected chi connectivity index (χ3v) is 2.22. The van der Waals surface area contributed by atoms with Crippen molar-refractivity contribution in [2.75, 3.05) is 0 Å². The lowest BCUT2D eigenvalue weighted by molar-refractivity contribution is -0.135. The summed E-state index contributed by atoms with van der Waals surface area (Å²) in [4.78, 5) is 44.5. The lowest BCUT2D eigenvalue weighted by atomic mass is 10.2. The Morgan fingerprint density at radius 3 is 1.48 bits per heavy atom. The maximum Gasteiger partial charge on any atom is 0.308 e. The van der Waals surface area contributed by atoms with Gasteiger partial charge >= 0.3 is 17.9 Å².